The molecule has 6 nitrogen and oxygen atoms in total. The maximum atomic E-state index is 7.00. The summed E-state index contributed by atoms with van der Waals surface area (Å²) in [5, 5.41) is 21.4. The molecule has 0 radical (unpaired) electrons. The minimum Gasteiger partial charge on any atom is -0.379 e. The zero-order valence-electron chi connectivity index (χ0n) is 17.9. The number of benzene rings is 2. The predicted molar refractivity (Wildman–Crippen MR) is 168 cm³/mol. The molecule has 0 heterocycles. The number of hydrogen-bond donors (Lipinski definition) is 8. The zero-order chi connectivity index (χ0) is 25.9. The van der Waals surface area contributed by atoms with Crippen LogP contribution in [0.25, 0.3) is 0 Å². The Morgan fingerprint density at radius 1 is 0.735 bits per heavy atom. The molecular formula is C20H26Cl2N6S6. The first-order chi connectivity index (χ1) is 16.0. The lowest BCUT2D eigenvalue weighted by atomic mass is 10.2. The largest absolute Gasteiger partial charge is 0.379 e. The Morgan fingerprint density at radius 3 is 1.26 bits per heavy atom. The maximum Gasteiger partial charge on any atom is 0.151 e. The lowest BCUT2D eigenvalue weighted by Crippen LogP contribution is -2.29. The third kappa shape index (κ3) is 21.7. The van der Waals surface area contributed by atoms with Gasteiger partial charge in [0.05, 0.1) is 0 Å². The molecule has 2 rings (SSSR count). The van der Waals surface area contributed by atoms with Crippen molar-refractivity contribution < 1.29 is 0 Å². The summed E-state index contributed by atoms with van der Waals surface area (Å²) >= 11 is 31.0. The van der Waals surface area contributed by atoms with E-state index < -0.39 is 0 Å². The number of rotatable bonds is 7. The van der Waals surface area contributed by atoms with E-state index in [2.05, 4.69) is 60.3 Å². The molecule has 8 N–H and O–H groups in total. The van der Waals surface area contributed by atoms with Gasteiger partial charge in [0, 0.05) is 34.6 Å². The van der Waals surface area contributed by atoms with Gasteiger partial charge in [-0.05, 0) is 35.4 Å². The van der Waals surface area contributed by atoms with Gasteiger partial charge in [-0.1, -0.05) is 95.4 Å². The molecule has 0 saturated heterocycles. The number of thioether (sulfide) groups is 2. The molecule has 34 heavy (non-hydrogen) atoms. The van der Waals surface area contributed by atoms with Gasteiger partial charge in [0.25, 0.3) is 0 Å². The van der Waals surface area contributed by atoms with Crippen LogP contribution >= 0.6 is 96.4 Å². The number of nitrogens with two attached hydrogens (primary N) is 2. The molecule has 0 bridgehead atoms. The Balaban J connectivity index is 0.000000484. The van der Waals surface area contributed by atoms with Crippen LogP contribution in [0.1, 0.15) is 11.1 Å². The van der Waals surface area contributed by atoms with E-state index in [1.807, 2.05) is 48.5 Å². The molecule has 0 aliphatic rings. The van der Waals surface area contributed by atoms with E-state index in [0.717, 1.165) is 32.7 Å². The van der Waals surface area contributed by atoms with Gasteiger partial charge < -0.3 is 22.1 Å². The van der Waals surface area contributed by atoms with Crippen molar-refractivity contribution in [2.24, 2.45) is 11.5 Å². The van der Waals surface area contributed by atoms with Crippen LogP contribution in [-0.2, 0) is 11.5 Å². The van der Waals surface area contributed by atoms with Gasteiger partial charge in [0.1, 0.15) is 8.64 Å². The van der Waals surface area contributed by atoms with Crippen LogP contribution in [-0.4, -0.2) is 32.1 Å². The van der Waals surface area contributed by atoms with Crippen molar-refractivity contribution in [3.8, 4) is 0 Å². The van der Waals surface area contributed by atoms with Crippen molar-refractivity contribution in [1.29, 1.82) is 10.8 Å². The van der Waals surface area contributed by atoms with Crippen LogP contribution in [0.4, 0.5) is 0 Å². The normalized spacial score (nSPS) is 9.41. The summed E-state index contributed by atoms with van der Waals surface area (Å²) in [5.41, 5.74) is 12.6. The summed E-state index contributed by atoms with van der Waals surface area (Å²) < 4.78 is 0.985. The standard InChI is InChI=1S/2C8H9ClN2S.C4H8N2S4/c2*9-7-3-1-6(2-4-7)5-12-8(10)11;7-3(8)5-1-2-6-4(9)10/h2*1-4H,5H2,(H3,10,11);1-2H2,(H2,5,7,8)(H2,6,9,10). The average molecular weight is 614 g/mol. The summed E-state index contributed by atoms with van der Waals surface area (Å²) in [7, 11) is 0. The molecule has 0 aliphatic heterocycles. The van der Waals surface area contributed by atoms with Crippen LogP contribution in [0.3, 0.4) is 0 Å². The van der Waals surface area contributed by atoms with E-state index in [1.54, 1.807) is 0 Å². The molecule has 14 heteroatoms. The molecule has 0 aromatic heterocycles. The lowest BCUT2D eigenvalue weighted by Gasteiger charge is -2.03. The highest BCUT2D eigenvalue weighted by Crippen LogP contribution is 2.15. The molecule has 0 amide bonds. The van der Waals surface area contributed by atoms with Crippen LogP contribution < -0.4 is 22.1 Å². The monoisotopic (exact) mass is 612 g/mol. The molecule has 2 aromatic rings. The van der Waals surface area contributed by atoms with E-state index in [9.17, 15) is 0 Å². The molecule has 2 aromatic carbocycles. The van der Waals surface area contributed by atoms with Crippen LogP contribution in [0.2, 0.25) is 10.0 Å². The first kappa shape index (κ1) is 33.1. The first-order valence-electron chi connectivity index (χ1n) is 9.35. The fraction of sp³-hybridized carbons (Fsp3) is 0.200. The summed E-state index contributed by atoms with van der Waals surface area (Å²) in [6.45, 7) is 1.42. The Hall–Kier alpha value is -0.860. The Labute approximate surface area is 240 Å². The van der Waals surface area contributed by atoms with Gasteiger partial charge in [0.2, 0.25) is 0 Å². The first-order valence-corrected chi connectivity index (χ1v) is 13.8. The molecular weight excluding hydrogens is 588 g/mol. The van der Waals surface area contributed by atoms with Gasteiger partial charge in [-0.2, -0.15) is 0 Å². The highest BCUT2D eigenvalue weighted by Gasteiger charge is 1.95. The van der Waals surface area contributed by atoms with Crippen molar-refractivity contribution >= 4 is 115 Å². The van der Waals surface area contributed by atoms with E-state index in [0.29, 0.717) is 21.7 Å². The minimum atomic E-state index is 0.143. The smallest absolute Gasteiger partial charge is 0.151 e. The molecule has 0 atom stereocenters. The number of halogens is 2. The van der Waals surface area contributed by atoms with E-state index in [4.69, 9.17) is 45.5 Å². The summed E-state index contributed by atoms with van der Waals surface area (Å²) in [4.78, 5) is 0. The molecule has 0 fully saturated rings. The van der Waals surface area contributed by atoms with Gasteiger partial charge in [0.15, 0.2) is 10.3 Å². The second-order valence-corrected chi connectivity index (χ2v) is 11.2. The molecule has 0 spiro atoms. The van der Waals surface area contributed by atoms with Gasteiger partial charge in [-0.15, -0.1) is 25.3 Å². The maximum absolute atomic E-state index is 7.00. The number of thiocarbonyl (C=S) groups is 2. The fourth-order valence-electron chi connectivity index (χ4n) is 1.82. The Kier molecular flexibility index (Phi) is 19.8. The summed E-state index contributed by atoms with van der Waals surface area (Å²) in [5.74, 6) is 1.46. The molecule has 186 valence electrons. The van der Waals surface area contributed by atoms with Crippen molar-refractivity contribution in [2.75, 3.05) is 13.1 Å². The molecule has 0 aliphatic carbocycles. The van der Waals surface area contributed by atoms with Gasteiger partial charge >= 0.3 is 0 Å². The van der Waals surface area contributed by atoms with Crippen LogP contribution in [0.5, 0.6) is 0 Å². The number of thiol groups is 2. The minimum absolute atomic E-state index is 0.143. The van der Waals surface area contributed by atoms with Crippen molar-refractivity contribution in [1.82, 2.24) is 10.6 Å². The highest BCUT2D eigenvalue weighted by atomic mass is 35.5. The highest BCUT2D eigenvalue weighted by molar-refractivity contribution is 8.13. The third-order valence-electron chi connectivity index (χ3n) is 3.29. The lowest BCUT2D eigenvalue weighted by molar-refractivity contribution is 0.834. The number of hydrogen-bond acceptors (Lipinski definition) is 6. The van der Waals surface area contributed by atoms with E-state index >= 15 is 0 Å². The van der Waals surface area contributed by atoms with E-state index in [-0.39, 0.29) is 10.3 Å². The molecule has 0 unspecified atom stereocenters. The van der Waals surface area contributed by atoms with Crippen molar-refractivity contribution in [3.05, 3.63) is 69.7 Å². The second-order valence-electron chi connectivity index (χ2n) is 6.02. The van der Waals surface area contributed by atoms with Crippen LogP contribution in [0, 0.1) is 10.8 Å². The predicted octanol–water partition coefficient (Wildman–Crippen LogP) is 5.53. The summed E-state index contributed by atoms with van der Waals surface area (Å²) in [6.07, 6.45) is 0. The fourth-order valence-corrected chi connectivity index (χ4v) is 3.53. The number of nitrogens with one attached hydrogen (secondary N) is 4. The van der Waals surface area contributed by atoms with Crippen molar-refractivity contribution in [3.63, 3.8) is 0 Å². The van der Waals surface area contributed by atoms with Crippen LogP contribution in [0.15, 0.2) is 48.5 Å². The van der Waals surface area contributed by atoms with E-state index in [1.165, 1.54) is 23.5 Å². The zero-order valence-corrected chi connectivity index (χ0v) is 24.5. The van der Waals surface area contributed by atoms with Gasteiger partial charge in [-0.3, -0.25) is 10.8 Å². The SMILES string of the molecule is N=C(N)SCc1ccc(Cl)cc1.N=C(N)SCc1ccc(Cl)cc1.S=C(S)NCCNC(=S)S. The Bertz CT molecular complexity index is 837. The van der Waals surface area contributed by atoms with Gasteiger partial charge in [-0.25, -0.2) is 0 Å². The summed E-state index contributed by atoms with van der Waals surface area (Å²) in [6, 6.07) is 15.0. The number of amidine groups is 2. The third-order valence-corrected chi connectivity index (χ3v) is 5.98. The molecule has 0 saturated carbocycles. The topological polar surface area (TPSA) is 124 Å². The van der Waals surface area contributed by atoms with Crippen molar-refractivity contribution in [2.45, 2.75) is 11.5 Å². The quantitative estimate of drug-likeness (QED) is 0.0675. The Morgan fingerprint density at radius 2 is 1.03 bits per heavy atom. The second kappa shape index (κ2) is 20.3. The average Bonchev–Trinajstić information content (AvgIpc) is 2.76.